The zero-order valence-electron chi connectivity index (χ0n) is 26.3. The van der Waals surface area contributed by atoms with Crippen LogP contribution in [0.15, 0.2) is 47.5 Å². The highest BCUT2D eigenvalue weighted by Gasteiger charge is 2.32. The molecule has 5 rings (SSSR count). The van der Waals surface area contributed by atoms with Gasteiger partial charge in [0.2, 0.25) is 5.91 Å². The first-order valence-corrected chi connectivity index (χ1v) is 16.0. The van der Waals surface area contributed by atoms with E-state index in [1.165, 1.54) is 13.2 Å². The minimum atomic E-state index is -0.651. The lowest BCUT2D eigenvalue weighted by atomic mass is 9.99. The van der Waals surface area contributed by atoms with E-state index in [-0.39, 0.29) is 37.5 Å². The van der Waals surface area contributed by atoms with Gasteiger partial charge < -0.3 is 20.5 Å². The molecule has 0 radical (unpaired) electrons. The van der Waals surface area contributed by atoms with Gasteiger partial charge in [-0.05, 0) is 63.1 Å². The van der Waals surface area contributed by atoms with Crippen LogP contribution in [-0.4, -0.2) is 58.6 Å². The van der Waals surface area contributed by atoms with Gasteiger partial charge in [0, 0.05) is 38.7 Å². The van der Waals surface area contributed by atoms with Crippen molar-refractivity contribution in [3.8, 4) is 16.8 Å². The Balaban J connectivity index is 1.25. The van der Waals surface area contributed by atoms with E-state index >= 15 is 0 Å². The summed E-state index contributed by atoms with van der Waals surface area (Å²) in [6.07, 6.45) is 0.338. The van der Waals surface area contributed by atoms with Crippen LogP contribution in [0, 0.1) is 32.6 Å². The minimum absolute atomic E-state index is 0.0403. The van der Waals surface area contributed by atoms with Crippen molar-refractivity contribution in [2.45, 2.75) is 46.1 Å². The van der Waals surface area contributed by atoms with Crippen molar-refractivity contribution in [3.63, 3.8) is 0 Å². The molecule has 1 aliphatic heterocycles. The molecule has 2 aromatic carbocycles. The summed E-state index contributed by atoms with van der Waals surface area (Å²) in [4.78, 5) is 44.0. The van der Waals surface area contributed by atoms with Crippen molar-refractivity contribution < 1.29 is 23.9 Å². The van der Waals surface area contributed by atoms with Crippen LogP contribution >= 0.6 is 22.9 Å². The molecule has 1 aliphatic rings. The number of aryl methyl sites for hydroxylation is 2. The Morgan fingerprint density at radius 2 is 1.87 bits per heavy atom. The number of aliphatic imine (C=N–C) groups is 1. The number of fused-ring (bicyclic) bond motifs is 3. The number of hydrogen-bond acceptors (Lipinski definition) is 10. The zero-order chi connectivity index (χ0) is 33.7. The van der Waals surface area contributed by atoms with E-state index in [1.807, 2.05) is 35.8 Å². The molecule has 11 nitrogen and oxygen atoms in total. The quantitative estimate of drug-likeness (QED) is 0.139. The van der Waals surface area contributed by atoms with Gasteiger partial charge in [0.05, 0.1) is 38.0 Å². The molecule has 1 atom stereocenters. The number of halogens is 1. The van der Waals surface area contributed by atoms with Gasteiger partial charge in [-0.3, -0.25) is 19.1 Å². The molecule has 3 heterocycles. The van der Waals surface area contributed by atoms with Gasteiger partial charge in [0.15, 0.2) is 5.82 Å². The molecular formula is C34H33ClN6O5S. The van der Waals surface area contributed by atoms with Crippen LogP contribution in [0.4, 0.5) is 5.69 Å². The predicted octanol–water partition coefficient (Wildman–Crippen LogP) is 5.25. The highest BCUT2D eigenvalue weighted by atomic mass is 35.5. The number of nitrogens with two attached hydrogens (primary N) is 1. The maximum Gasteiger partial charge on any atom is 0.339 e. The molecule has 4 aromatic rings. The summed E-state index contributed by atoms with van der Waals surface area (Å²) in [5.41, 5.74) is 10.3. The van der Waals surface area contributed by atoms with Gasteiger partial charge >= 0.3 is 11.9 Å². The molecule has 1 amide bonds. The summed E-state index contributed by atoms with van der Waals surface area (Å²) in [7, 11) is 1.28. The van der Waals surface area contributed by atoms with Crippen LogP contribution < -0.4 is 11.1 Å². The first kappa shape index (κ1) is 33.5. The summed E-state index contributed by atoms with van der Waals surface area (Å²) in [5.74, 6) is 5.48. The third-order valence-corrected chi connectivity index (χ3v) is 9.01. The van der Waals surface area contributed by atoms with Crippen LogP contribution in [0.5, 0.6) is 0 Å². The average Bonchev–Trinajstić information content (AvgIpc) is 3.53. The summed E-state index contributed by atoms with van der Waals surface area (Å²) < 4.78 is 12.3. The van der Waals surface area contributed by atoms with Crippen molar-refractivity contribution in [2.75, 3.05) is 25.6 Å². The third-order valence-electron chi connectivity index (χ3n) is 7.56. The molecule has 2 aromatic heterocycles. The van der Waals surface area contributed by atoms with E-state index in [0.29, 0.717) is 34.3 Å². The molecule has 47 heavy (non-hydrogen) atoms. The van der Waals surface area contributed by atoms with Gasteiger partial charge in [-0.15, -0.1) is 21.5 Å². The van der Waals surface area contributed by atoms with E-state index in [2.05, 4.69) is 41.2 Å². The maximum absolute atomic E-state index is 13.1. The van der Waals surface area contributed by atoms with Crippen LogP contribution in [0.1, 0.15) is 74.4 Å². The number of nitrogens with zero attached hydrogens (tertiary/aromatic N) is 4. The number of esters is 2. The first-order chi connectivity index (χ1) is 22.6. The van der Waals surface area contributed by atoms with Crippen LogP contribution in [0.2, 0.25) is 5.02 Å². The number of carbonyl (C=O) groups is 3. The Labute approximate surface area is 281 Å². The van der Waals surface area contributed by atoms with E-state index in [4.69, 9.17) is 31.8 Å². The van der Waals surface area contributed by atoms with Gasteiger partial charge in [-0.2, -0.15) is 0 Å². The molecule has 3 N–H and O–H groups in total. The van der Waals surface area contributed by atoms with Gasteiger partial charge in [-0.25, -0.2) is 4.79 Å². The summed E-state index contributed by atoms with van der Waals surface area (Å²) in [5, 5.41) is 13.1. The Kier molecular flexibility index (Phi) is 10.5. The Morgan fingerprint density at radius 3 is 2.60 bits per heavy atom. The Hall–Kier alpha value is -4.83. The van der Waals surface area contributed by atoms with Crippen molar-refractivity contribution >= 4 is 52.2 Å². The summed E-state index contributed by atoms with van der Waals surface area (Å²) >= 11 is 7.82. The second-order valence-electron chi connectivity index (χ2n) is 10.7. The SMILES string of the molecule is COC(=O)c1ccc(NC(=O)CCCOC(=O)C[C@@H]2N=C(c3ccc(Cl)cc3)c3c(sc(C)c3C)-n3c(C)nnc32)cc1C#CCN. The zero-order valence-corrected chi connectivity index (χ0v) is 27.9. The number of rotatable bonds is 9. The van der Waals surface area contributed by atoms with E-state index in [1.54, 1.807) is 23.5 Å². The van der Waals surface area contributed by atoms with Crippen LogP contribution in [0.3, 0.4) is 0 Å². The number of thiophene rings is 1. The molecule has 0 bridgehead atoms. The molecular weight excluding hydrogens is 640 g/mol. The number of nitrogens with one attached hydrogen (secondary N) is 1. The topological polar surface area (TPSA) is 151 Å². The molecule has 0 saturated heterocycles. The van der Waals surface area contributed by atoms with Crippen molar-refractivity contribution in [1.82, 2.24) is 14.8 Å². The molecule has 0 saturated carbocycles. The van der Waals surface area contributed by atoms with E-state index in [9.17, 15) is 14.4 Å². The summed E-state index contributed by atoms with van der Waals surface area (Å²) in [6, 6.07) is 11.5. The lowest BCUT2D eigenvalue weighted by Gasteiger charge is -2.13. The van der Waals surface area contributed by atoms with Gasteiger partial charge in [-0.1, -0.05) is 35.6 Å². The monoisotopic (exact) mass is 672 g/mol. The lowest BCUT2D eigenvalue weighted by Crippen LogP contribution is -2.16. The van der Waals surface area contributed by atoms with E-state index in [0.717, 1.165) is 32.3 Å². The fourth-order valence-electron chi connectivity index (χ4n) is 5.15. The molecule has 0 aliphatic carbocycles. The maximum atomic E-state index is 13.1. The number of carbonyl (C=O) groups excluding carboxylic acids is 3. The standard InChI is InChI=1S/C34H33ClN6O5S/c1-19-20(2)47-33-30(19)31(22-9-11-24(35)12-10-22)38-27(32-40-39-21(3)41(32)33)18-29(43)46-16-6-8-28(42)37-25-13-14-26(34(44)45-4)23(17-25)7-5-15-36/h9-14,17,27H,6,8,15-16,18,36H2,1-4H3,(H,37,42)/t27-/m0/s1. The highest BCUT2D eigenvalue weighted by molar-refractivity contribution is 7.15. The van der Waals surface area contributed by atoms with Crippen molar-refractivity contribution in [2.24, 2.45) is 10.7 Å². The second kappa shape index (κ2) is 14.7. The first-order valence-electron chi connectivity index (χ1n) is 14.8. The minimum Gasteiger partial charge on any atom is -0.466 e. The number of amides is 1. The molecule has 0 fully saturated rings. The molecule has 0 unspecified atom stereocenters. The van der Waals surface area contributed by atoms with Crippen LogP contribution in [-0.2, 0) is 19.1 Å². The van der Waals surface area contributed by atoms with Gasteiger partial charge in [0.1, 0.15) is 16.9 Å². The number of ether oxygens (including phenoxy) is 2. The number of aromatic nitrogens is 3. The molecule has 242 valence electrons. The second-order valence-corrected chi connectivity index (χ2v) is 12.4. The van der Waals surface area contributed by atoms with Crippen LogP contribution in [0.25, 0.3) is 5.00 Å². The normalized spacial score (nSPS) is 13.3. The number of methoxy groups -OCH3 is 1. The van der Waals surface area contributed by atoms with Crippen molar-refractivity contribution in [1.29, 1.82) is 0 Å². The molecule has 13 heteroatoms. The number of anilines is 1. The fraction of sp³-hybridized carbons (Fsp3) is 0.294. The Bertz CT molecular complexity index is 1940. The lowest BCUT2D eigenvalue weighted by molar-refractivity contribution is -0.144. The Morgan fingerprint density at radius 1 is 1.11 bits per heavy atom. The predicted molar refractivity (Wildman–Crippen MR) is 180 cm³/mol. The largest absolute Gasteiger partial charge is 0.466 e. The fourth-order valence-corrected chi connectivity index (χ4v) is 6.49. The number of benzene rings is 2. The average molecular weight is 673 g/mol. The molecule has 0 spiro atoms. The smallest absolute Gasteiger partial charge is 0.339 e. The highest BCUT2D eigenvalue weighted by Crippen LogP contribution is 2.39. The van der Waals surface area contributed by atoms with E-state index < -0.39 is 18.0 Å². The third kappa shape index (κ3) is 7.44. The number of hydrogen-bond donors (Lipinski definition) is 2. The van der Waals surface area contributed by atoms with Gasteiger partial charge in [0.25, 0.3) is 0 Å². The summed E-state index contributed by atoms with van der Waals surface area (Å²) in [6.45, 7) is 6.16. The van der Waals surface area contributed by atoms with Crippen molar-refractivity contribution in [3.05, 3.63) is 91.8 Å².